The molecule has 0 aliphatic carbocycles. The molecule has 0 saturated carbocycles. The largest absolute Gasteiger partial charge is 0.482 e. The molecule has 0 bridgehead atoms. The minimum atomic E-state index is -0.443. The van der Waals surface area contributed by atoms with Crippen LogP contribution in [-0.4, -0.2) is 31.6 Å². The summed E-state index contributed by atoms with van der Waals surface area (Å²) in [7, 11) is 0. The average molecular weight is 289 g/mol. The molecule has 4 nitrogen and oxygen atoms in total. The summed E-state index contributed by atoms with van der Waals surface area (Å²) in [6, 6.07) is 3.96. The summed E-state index contributed by atoms with van der Waals surface area (Å²) in [5.41, 5.74) is 0. The highest BCUT2D eigenvalue weighted by Gasteiger charge is 2.08. The molecule has 106 valence electrons. The molecule has 0 heterocycles. The normalized spacial score (nSPS) is 12.0. The van der Waals surface area contributed by atoms with Crippen LogP contribution >= 0.6 is 11.6 Å². The van der Waals surface area contributed by atoms with Crippen LogP contribution in [0.1, 0.15) is 13.8 Å². The van der Waals surface area contributed by atoms with Crippen LogP contribution in [0.15, 0.2) is 18.2 Å². The van der Waals surface area contributed by atoms with Crippen molar-refractivity contribution in [2.24, 2.45) is 0 Å². The monoisotopic (exact) mass is 288 g/mol. The number of halogens is 2. The zero-order valence-electron chi connectivity index (χ0n) is 11.0. The van der Waals surface area contributed by atoms with Gasteiger partial charge in [0.05, 0.1) is 5.02 Å². The van der Waals surface area contributed by atoms with Crippen LogP contribution in [0.4, 0.5) is 4.39 Å². The fourth-order valence-electron chi connectivity index (χ4n) is 1.47. The molecule has 19 heavy (non-hydrogen) atoms. The lowest BCUT2D eigenvalue weighted by atomic mass is 10.3. The topological polar surface area (TPSA) is 50.4 Å². The van der Waals surface area contributed by atoms with E-state index in [1.54, 1.807) is 0 Å². The molecule has 0 saturated heterocycles. The van der Waals surface area contributed by atoms with Gasteiger partial charge in [0.2, 0.25) is 0 Å². The van der Waals surface area contributed by atoms with Crippen LogP contribution in [0.25, 0.3) is 0 Å². The molecule has 1 aromatic carbocycles. The Kier molecular flexibility index (Phi) is 6.59. The summed E-state index contributed by atoms with van der Waals surface area (Å²) >= 11 is 5.78. The number of ether oxygens (including phenoxy) is 1. The second-order valence-corrected chi connectivity index (χ2v) is 4.53. The van der Waals surface area contributed by atoms with Gasteiger partial charge in [-0.25, -0.2) is 4.39 Å². The van der Waals surface area contributed by atoms with Crippen molar-refractivity contribution in [1.82, 2.24) is 10.6 Å². The second-order valence-electron chi connectivity index (χ2n) is 4.13. The lowest BCUT2D eigenvalue weighted by molar-refractivity contribution is -0.123. The minimum absolute atomic E-state index is 0.147. The molecule has 1 rings (SSSR count). The molecule has 0 unspecified atom stereocenters. The van der Waals surface area contributed by atoms with Crippen molar-refractivity contribution >= 4 is 17.5 Å². The molecule has 1 aromatic rings. The van der Waals surface area contributed by atoms with E-state index < -0.39 is 5.82 Å². The van der Waals surface area contributed by atoms with Crippen molar-refractivity contribution in [3.05, 3.63) is 29.0 Å². The molecule has 6 heteroatoms. The Labute approximate surface area is 117 Å². The number of carbonyl (C=O) groups excluding carboxylic acids is 1. The molecule has 0 spiro atoms. The predicted molar refractivity (Wildman–Crippen MR) is 73.1 cm³/mol. The number of likely N-dealkylation sites (N-methyl/N-ethyl adjacent to an activating group) is 1. The lowest BCUT2D eigenvalue weighted by Crippen LogP contribution is -2.40. The number of rotatable bonds is 7. The van der Waals surface area contributed by atoms with Crippen molar-refractivity contribution < 1.29 is 13.9 Å². The Hall–Kier alpha value is -1.33. The Morgan fingerprint density at radius 3 is 2.89 bits per heavy atom. The molecule has 0 aromatic heterocycles. The first-order valence-corrected chi connectivity index (χ1v) is 6.48. The van der Waals surface area contributed by atoms with E-state index in [0.29, 0.717) is 6.54 Å². The maximum Gasteiger partial charge on any atom is 0.257 e. The average Bonchev–Trinajstić information content (AvgIpc) is 2.35. The van der Waals surface area contributed by atoms with Crippen molar-refractivity contribution in [3.8, 4) is 5.75 Å². The van der Waals surface area contributed by atoms with E-state index >= 15 is 0 Å². The summed E-state index contributed by atoms with van der Waals surface area (Å²) in [6.45, 7) is 5.19. The van der Waals surface area contributed by atoms with Crippen molar-refractivity contribution in [3.63, 3.8) is 0 Å². The number of amides is 1. The first kappa shape index (κ1) is 15.7. The third-order valence-corrected chi connectivity index (χ3v) is 2.71. The van der Waals surface area contributed by atoms with Crippen LogP contribution in [0, 0.1) is 5.82 Å². The highest BCUT2D eigenvalue weighted by atomic mass is 35.5. The van der Waals surface area contributed by atoms with Crippen molar-refractivity contribution in [1.29, 1.82) is 0 Å². The molecule has 0 aliphatic rings. The Balaban J connectivity index is 2.33. The lowest BCUT2D eigenvalue weighted by Gasteiger charge is -2.13. The molecular weight excluding hydrogens is 271 g/mol. The van der Waals surface area contributed by atoms with Crippen molar-refractivity contribution in [2.45, 2.75) is 19.9 Å². The Morgan fingerprint density at radius 1 is 1.53 bits per heavy atom. The summed E-state index contributed by atoms with van der Waals surface area (Å²) in [6.07, 6.45) is 0. The van der Waals surface area contributed by atoms with E-state index in [9.17, 15) is 9.18 Å². The zero-order valence-corrected chi connectivity index (χ0v) is 11.8. The van der Waals surface area contributed by atoms with Gasteiger partial charge in [-0.3, -0.25) is 4.79 Å². The maximum atomic E-state index is 12.8. The Bertz CT molecular complexity index is 429. The van der Waals surface area contributed by atoms with Gasteiger partial charge in [-0.15, -0.1) is 0 Å². The van der Waals surface area contributed by atoms with E-state index in [1.165, 1.54) is 12.1 Å². The fraction of sp³-hybridized carbons (Fsp3) is 0.462. The number of carbonyl (C=O) groups is 1. The first-order valence-electron chi connectivity index (χ1n) is 6.10. The number of nitrogens with one attached hydrogen (secondary N) is 2. The SMILES string of the molecule is CCN[C@H](C)CNC(=O)COc1ccc(F)cc1Cl. The summed E-state index contributed by atoms with van der Waals surface area (Å²) in [5, 5.41) is 6.04. The third-order valence-electron chi connectivity index (χ3n) is 2.41. The van der Waals surface area contributed by atoms with Crippen LogP contribution in [-0.2, 0) is 4.79 Å². The summed E-state index contributed by atoms with van der Waals surface area (Å²) in [5.74, 6) is -0.399. The van der Waals surface area contributed by atoms with Crippen LogP contribution in [0.3, 0.4) is 0 Å². The van der Waals surface area contributed by atoms with E-state index in [1.807, 2.05) is 13.8 Å². The predicted octanol–water partition coefficient (Wildman–Crippen LogP) is 1.97. The second kappa shape index (κ2) is 7.96. The smallest absolute Gasteiger partial charge is 0.257 e. The molecule has 1 atom stereocenters. The van der Waals surface area contributed by atoms with Gasteiger partial charge in [0.1, 0.15) is 11.6 Å². The van der Waals surface area contributed by atoms with Gasteiger partial charge in [0.15, 0.2) is 6.61 Å². The van der Waals surface area contributed by atoms with E-state index in [0.717, 1.165) is 12.6 Å². The standard InChI is InChI=1S/C13H18ClFN2O2/c1-3-16-9(2)7-17-13(18)8-19-12-5-4-10(15)6-11(12)14/h4-6,9,16H,3,7-8H2,1-2H3,(H,17,18)/t9-/m1/s1. The highest BCUT2D eigenvalue weighted by Crippen LogP contribution is 2.24. The molecule has 0 aliphatic heterocycles. The van der Waals surface area contributed by atoms with Gasteiger partial charge in [0, 0.05) is 12.6 Å². The van der Waals surface area contributed by atoms with Gasteiger partial charge >= 0.3 is 0 Å². The molecule has 0 fully saturated rings. The Morgan fingerprint density at radius 2 is 2.26 bits per heavy atom. The van der Waals surface area contributed by atoms with Crippen LogP contribution in [0.2, 0.25) is 5.02 Å². The highest BCUT2D eigenvalue weighted by molar-refractivity contribution is 6.32. The van der Waals surface area contributed by atoms with E-state index in [-0.39, 0.29) is 29.3 Å². The molecule has 2 N–H and O–H groups in total. The van der Waals surface area contributed by atoms with Crippen molar-refractivity contribution in [2.75, 3.05) is 19.7 Å². The van der Waals surface area contributed by atoms with Gasteiger partial charge in [-0.05, 0) is 31.7 Å². The third kappa shape index (κ3) is 5.89. The quantitative estimate of drug-likeness (QED) is 0.806. The van der Waals surface area contributed by atoms with E-state index in [2.05, 4.69) is 10.6 Å². The first-order chi connectivity index (χ1) is 9.02. The van der Waals surface area contributed by atoms with Gasteiger partial charge in [-0.2, -0.15) is 0 Å². The van der Waals surface area contributed by atoms with Gasteiger partial charge in [-0.1, -0.05) is 18.5 Å². The van der Waals surface area contributed by atoms with Gasteiger partial charge in [0.25, 0.3) is 5.91 Å². The van der Waals surface area contributed by atoms with Gasteiger partial charge < -0.3 is 15.4 Å². The number of benzene rings is 1. The van der Waals surface area contributed by atoms with Crippen LogP contribution in [0.5, 0.6) is 5.75 Å². The molecular formula is C13H18ClFN2O2. The number of hydrogen-bond donors (Lipinski definition) is 2. The summed E-state index contributed by atoms with van der Waals surface area (Å²) in [4.78, 5) is 11.5. The minimum Gasteiger partial charge on any atom is -0.482 e. The maximum absolute atomic E-state index is 12.8. The fourth-order valence-corrected chi connectivity index (χ4v) is 1.70. The van der Waals surface area contributed by atoms with Crippen LogP contribution < -0.4 is 15.4 Å². The molecule has 1 amide bonds. The number of hydrogen-bond acceptors (Lipinski definition) is 3. The molecule has 0 radical (unpaired) electrons. The zero-order chi connectivity index (χ0) is 14.3. The van der Waals surface area contributed by atoms with E-state index in [4.69, 9.17) is 16.3 Å². The summed E-state index contributed by atoms with van der Waals surface area (Å²) < 4.78 is 18.0.